The number of ketones is 1. The van der Waals surface area contributed by atoms with Crippen LogP contribution in [0.3, 0.4) is 0 Å². The maximum Gasteiger partial charge on any atom is 0.455 e. The van der Waals surface area contributed by atoms with Crippen LogP contribution in [0.2, 0.25) is 0 Å². The Bertz CT molecular complexity index is 844. The van der Waals surface area contributed by atoms with E-state index in [0.29, 0.717) is 23.7 Å². The van der Waals surface area contributed by atoms with Crippen LogP contribution < -0.4 is 15.1 Å². The van der Waals surface area contributed by atoms with Crippen molar-refractivity contribution in [2.24, 2.45) is 0 Å². The maximum atomic E-state index is 12.6. The molecule has 0 unspecified atom stereocenters. The summed E-state index contributed by atoms with van der Waals surface area (Å²) in [7, 11) is 0. The van der Waals surface area contributed by atoms with Gasteiger partial charge in [-0.15, -0.1) is 11.8 Å². The fraction of sp³-hybridized carbons (Fsp3) is 0.353. The molecule has 0 radical (unpaired) electrons. The molecule has 2 aliphatic heterocycles. The number of alkyl halides is 3. The first-order valence-corrected chi connectivity index (χ1v) is 9.41. The van der Waals surface area contributed by atoms with Gasteiger partial charge in [0.15, 0.2) is 0 Å². The van der Waals surface area contributed by atoms with Gasteiger partial charge >= 0.3 is 18.4 Å². The van der Waals surface area contributed by atoms with Crippen molar-refractivity contribution in [3.8, 4) is 0 Å². The van der Waals surface area contributed by atoms with Crippen molar-refractivity contribution in [1.29, 1.82) is 0 Å². The fourth-order valence-corrected chi connectivity index (χ4v) is 3.79. The third-order valence-corrected chi connectivity index (χ3v) is 5.18. The Morgan fingerprint density at radius 3 is 2.52 bits per heavy atom. The first-order valence-electron chi connectivity index (χ1n) is 8.43. The second-order valence-corrected chi connectivity index (χ2v) is 7.32. The molecule has 3 rings (SSSR count). The van der Waals surface area contributed by atoms with E-state index in [1.807, 2.05) is 0 Å². The number of cyclic esters (lactones) is 1. The quantitative estimate of drug-likeness (QED) is 0.740. The minimum absolute atomic E-state index is 0.0398. The van der Waals surface area contributed by atoms with E-state index in [1.165, 1.54) is 11.1 Å². The second-order valence-electron chi connectivity index (χ2n) is 6.18. The van der Waals surface area contributed by atoms with Gasteiger partial charge in [-0.2, -0.15) is 13.2 Å². The number of amides is 2. The molecule has 12 heteroatoms. The molecule has 2 heterocycles. The lowest BCUT2D eigenvalue weighted by molar-refractivity contribution is -0.165. The molecule has 0 spiro atoms. The van der Waals surface area contributed by atoms with Gasteiger partial charge < -0.3 is 20.1 Å². The van der Waals surface area contributed by atoms with Gasteiger partial charge in [-0.1, -0.05) is 0 Å². The van der Waals surface area contributed by atoms with Crippen molar-refractivity contribution < 1.29 is 37.4 Å². The number of carbonyl (C=O) groups is 3. The third-order valence-electron chi connectivity index (χ3n) is 4.19. The smallest absolute Gasteiger partial charge is 0.455 e. The summed E-state index contributed by atoms with van der Waals surface area (Å²) in [5, 5.41) is 10.8. The van der Waals surface area contributed by atoms with E-state index in [2.05, 4.69) is 5.32 Å². The number of carboxylic acid groups (broad SMARTS) is 1. The summed E-state index contributed by atoms with van der Waals surface area (Å²) in [5.74, 6) is -1.55. The van der Waals surface area contributed by atoms with Crippen LogP contribution in [0.4, 0.5) is 34.1 Å². The highest BCUT2D eigenvalue weighted by molar-refractivity contribution is 8.04. The van der Waals surface area contributed by atoms with Gasteiger partial charge in [0.25, 0.3) is 5.78 Å². The lowest BCUT2D eigenvalue weighted by Gasteiger charge is -2.26. The Balaban J connectivity index is 1.69. The molecule has 0 aliphatic carbocycles. The lowest BCUT2D eigenvalue weighted by Crippen LogP contribution is -2.33. The van der Waals surface area contributed by atoms with Crippen molar-refractivity contribution in [2.75, 3.05) is 35.2 Å². The number of halogens is 3. The number of Topliss-reactive ketones (excluding diaryl/α,β-unsaturated/α-hetero) is 1. The van der Waals surface area contributed by atoms with E-state index in [4.69, 9.17) is 9.84 Å². The van der Waals surface area contributed by atoms with E-state index >= 15 is 0 Å². The number of hydrogen-bond donors (Lipinski definition) is 2. The fourth-order valence-electron chi connectivity index (χ4n) is 2.83. The normalized spacial score (nSPS) is 19.6. The monoisotopic (exact) mass is 431 g/mol. The molecule has 0 bridgehead atoms. The highest BCUT2D eigenvalue weighted by atomic mass is 32.2. The number of hydrogen-bond acceptors (Lipinski definition) is 6. The summed E-state index contributed by atoms with van der Waals surface area (Å²) in [6, 6.07) is 6.44. The number of anilines is 2. The topological polar surface area (TPSA) is 99.2 Å². The van der Waals surface area contributed by atoms with Crippen molar-refractivity contribution in [3.05, 3.63) is 35.4 Å². The van der Waals surface area contributed by atoms with Crippen molar-refractivity contribution in [2.45, 2.75) is 12.3 Å². The van der Waals surface area contributed by atoms with Crippen LogP contribution in [0.1, 0.15) is 0 Å². The van der Waals surface area contributed by atoms with E-state index in [9.17, 15) is 27.6 Å². The molecular weight excluding hydrogens is 415 g/mol. The predicted molar refractivity (Wildman–Crippen MR) is 99.0 cm³/mol. The zero-order valence-corrected chi connectivity index (χ0v) is 15.6. The molecular formula is C17H16F3N3O5S. The Morgan fingerprint density at radius 2 is 1.90 bits per heavy atom. The molecule has 1 aromatic carbocycles. The van der Waals surface area contributed by atoms with E-state index in [0.717, 1.165) is 11.8 Å². The summed E-state index contributed by atoms with van der Waals surface area (Å²) in [6.07, 6.45) is -6.22. The molecule has 8 nitrogen and oxygen atoms in total. The maximum absolute atomic E-state index is 12.6. The van der Waals surface area contributed by atoms with Crippen molar-refractivity contribution in [3.63, 3.8) is 0 Å². The average molecular weight is 431 g/mol. The van der Waals surface area contributed by atoms with E-state index in [-0.39, 0.29) is 18.0 Å². The molecule has 156 valence electrons. The first kappa shape index (κ1) is 20.8. The zero-order chi connectivity index (χ0) is 21.2. The van der Waals surface area contributed by atoms with Crippen LogP contribution in [-0.4, -0.2) is 60.7 Å². The molecule has 1 aromatic rings. The summed E-state index contributed by atoms with van der Waals surface area (Å²) < 4.78 is 43.0. The number of carbonyl (C=O) groups excluding carboxylic acids is 2. The third kappa shape index (κ3) is 4.94. The molecule has 1 saturated heterocycles. The van der Waals surface area contributed by atoms with Crippen molar-refractivity contribution in [1.82, 2.24) is 5.32 Å². The van der Waals surface area contributed by atoms with E-state index in [1.54, 1.807) is 29.2 Å². The van der Waals surface area contributed by atoms with Crippen LogP contribution in [-0.2, 0) is 9.53 Å². The van der Waals surface area contributed by atoms with Gasteiger partial charge in [-0.05, 0) is 24.3 Å². The minimum atomic E-state index is -4.92. The average Bonchev–Trinajstić information content (AvgIpc) is 3.06. The minimum Gasteiger partial charge on any atom is -0.465 e. The van der Waals surface area contributed by atoms with Gasteiger partial charge in [-0.25, -0.2) is 9.59 Å². The Labute approximate surface area is 167 Å². The van der Waals surface area contributed by atoms with Crippen LogP contribution in [0, 0.1) is 0 Å². The standard InChI is InChI=1S/C17H16F3N3O5S/c18-17(19,20)14(24)13-9-22(5-6-29-13)10-1-3-11(4-2-10)23-8-12(28-16(23)27)7-21-15(25)26/h1-4,9,12,21H,5-8H2,(H,25,26)/t12-/m0/s1. The molecule has 0 aromatic heterocycles. The summed E-state index contributed by atoms with van der Waals surface area (Å²) >= 11 is 0.860. The SMILES string of the molecule is O=C(O)NC[C@H]1CN(c2ccc(N3C=C(C(=O)C(F)(F)F)SCC3)cc2)C(=O)O1. The first-order chi connectivity index (χ1) is 13.6. The Kier molecular flexibility index (Phi) is 5.91. The van der Waals surface area contributed by atoms with Gasteiger partial charge in [0.05, 0.1) is 18.0 Å². The van der Waals surface area contributed by atoms with Crippen molar-refractivity contribution >= 4 is 41.1 Å². The summed E-state index contributed by atoms with van der Waals surface area (Å²) in [6.45, 7) is 0.540. The second kappa shape index (κ2) is 8.23. The number of benzene rings is 1. The lowest BCUT2D eigenvalue weighted by atomic mass is 10.2. The summed E-state index contributed by atoms with van der Waals surface area (Å²) in [5.41, 5.74) is 1.07. The number of nitrogens with zero attached hydrogens (tertiary/aromatic N) is 2. The molecule has 1 atom stereocenters. The molecule has 2 amide bonds. The molecule has 2 N–H and O–H groups in total. The van der Waals surface area contributed by atoms with Gasteiger partial charge in [0.1, 0.15) is 6.10 Å². The van der Waals surface area contributed by atoms with Crippen LogP contribution in [0.15, 0.2) is 35.4 Å². The highest BCUT2D eigenvalue weighted by Gasteiger charge is 2.41. The number of ether oxygens (including phenoxy) is 1. The molecule has 1 fully saturated rings. The molecule has 29 heavy (non-hydrogen) atoms. The van der Waals surface area contributed by atoms with Crippen LogP contribution in [0.25, 0.3) is 0 Å². The number of allylic oxidation sites excluding steroid dienone is 1. The Hall–Kier alpha value is -2.89. The van der Waals surface area contributed by atoms with Crippen LogP contribution >= 0.6 is 11.8 Å². The van der Waals surface area contributed by atoms with Gasteiger partial charge in [0.2, 0.25) is 0 Å². The zero-order valence-electron chi connectivity index (χ0n) is 14.8. The predicted octanol–water partition coefficient (Wildman–Crippen LogP) is 2.81. The number of thioether (sulfide) groups is 1. The summed E-state index contributed by atoms with van der Waals surface area (Å²) in [4.78, 5) is 36.5. The van der Waals surface area contributed by atoms with Crippen LogP contribution in [0.5, 0.6) is 0 Å². The molecule has 2 aliphatic rings. The highest BCUT2D eigenvalue weighted by Crippen LogP contribution is 2.33. The number of rotatable bonds is 5. The van der Waals surface area contributed by atoms with Gasteiger partial charge in [0, 0.05) is 29.9 Å². The number of nitrogens with one attached hydrogen (secondary N) is 1. The van der Waals surface area contributed by atoms with E-state index < -0.39 is 30.2 Å². The van der Waals surface area contributed by atoms with Gasteiger partial charge in [-0.3, -0.25) is 9.69 Å². The Morgan fingerprint density at radius 1 is 1.24 bits per heavy atom. The largest absolute Gasteiger partial charge is 0.465 e. The molecule has 0 saturated carbocycles.